The van der Waals surface area contributed by atoms with Crippen molar-refractivity contribution < 1.29 is 9.53 Å². The van der Waals surface area contributed by atoms with Gasteiger partial charge < -0.3 is 10.1 Å². The summed E-state index contributed by atoms with van der Waals surface area (Å²) in [5, 5.41) is 16.7. The number of H-pyrrole nitrogens is 1. The van der Waals surface area contributed by atoms with Gasteiger partial charge in [0.05, 0.1) is 6.10 Å². The molecule has 2 atom stereocenters. The smallest absolute Gasteiger partial charge is 0.250 e. The van der Waals surface area contributed by atoms with Crippen molar-refractivity contribution in [2.45, 2.75) is 45.1 Å². The van der Waals surface area contributed by atoms with Gasteiger partial charge >= 0.3 is 0 Å². The van der Waals surface area contributed by atoms with Crippen LogP contribution in [-0.4, -0.2) is 39.2 Å². The van der Waals surface area contributed by atoms with Crippen LogP contribution in [-0.2, 0) is 16.0 Å². The van der Waals surface area contributed by atoms with E-state index in [1.165, 1.54) is 19.3 Å². The van der Waals surface area contributed by atoms with Crippen LogP contribution >= 0.6 is 0 Å². The Bertz CT molecular complexity index is 642. The minimum Gasteiger partial charge on any atom is -0.368 e. The Hall–Kier alpha value is -2.28. The Morgan fingerprint density at radius 1 is 1.29 bits per heavy atom. The Labute approximate surface area is 141 Å². The Balaban J connectivity index is 1.45. The average molecular weight is 329 g/mol. The first-order chi connectivity index (χ1) is 11.7. The number of hydrogen-bond donors (Lipinski definition) is 2. The lowest BCUT2D eigenvalue weighted by atomic mass is 9.88. The number of amides is 1. The summed E-state index contributed by atoms with van der Waals surface area (Å²) >= 11 is 0. The molecule has 1 aliphatic rings. The van der Waals surface area contributed by atoms with Gasteiger partial charge in [-0.15, -0.1) is 10.2 Å². The number of nitrogens with zero attached hydrogens (tertiary/aromatic N) is 3. The third-order valence-corrected chi connectivity index (χ3v) is 4.45. The van der Waals surface area contributed by atoms with Crippen LogP contribution in [0.15, 0.2) is 24.3 Å². The number of anilines is 1. The van der Waals surface area contributed by atoms with E-state index < -0.39 is 0 Å². The average Bonchev–Trinajstić information content (AvgIpc) is 3.09. The second-order valence-electron chi connectivity index (χ2n) is 6.36. The van der Waals surface area contributed by atoms with Crippen LogP contribution in [0.25, 0.3) is 0 Å². The van der Waals surface area contributed by atoms with Crippen LogP contribution in [0.1, 0.15) is 44.0 Å². The molecule has 7 heteroatoms. The van der Waals surface area contributed by atoms with E-state index in [0.717, 1.165) is 17.7 Å². The van der Waals surface area contributed by atoms with Crippen molar-refractivity contribution in [3.8, 4) is 0 Å². The third kappa shape index (κ3) is 4.61. The van der Waals surface area contributed by atoms with Gasteiger partial charge in [-0.3, -0.25) is 4.79 Å². The summed E-state index contributed by atoms with van der Waals surface area (Å²) in [5.74, 6) is 1.07. The number of carbonyl (C=O) groups is 1. The maximum absolute atomic E-state index is 12.0. The van der Waals surface area contributed by atoms with Crippen molar-refractivity contribution in [1.29, 1.82) is 0 Å². The third-order valence-electron chi connectivity index (χ3n) is 4.45. The molecule has 1 amide bonds. The molecule has 1 aromatic carbocycles. The molecular weight excluding hydrogens is 306 g/mol. The van der Waals surface area contributed by atoms with Gasteiger partial charge in [0.25, 0.3) is 0 Å². The van der Waals surface area contributed by atoms with Crippen molar-refractivity contribution in [3.05, 3.63) is 35.7 Å². The quantitative estimate of drug-likeness (QED) is 0.848. The van der Waals surface area contributed by atoms with E-state index in [1.54, 1.807) is 0 Å². The fraction of sp³-hybridized carbons (Fsp3) is 0.529. The predicted octanol–water partition coefficient (Wildman–Crippen LogP) is 2.32. The highest BCUT2D eigenvalue weighted by Gasteiger charge is 2.22. The van der Waals surface area contributed by atoms with Crippen molar-refractivity contribution in [3.63, 3.8) is 0 Å². The standard InChI is InChI=1S/C17H23N5O2/c1-12-4-2-3-5-15(12)24-11-17(23)18-14-8-6-13(7-9-14)10-16-19-21-22-20-16/h6-9,12,15H,2-5,10-11H2,1H3,(H,18,23)(H,19,20,21,22). The molecule has 7 nitrogen and oxygen atoms in total. The predicted molar refractivity (Wildman–Crippen MR) is 89.4 cm³/mol. The van der Waals surface area contributed by atoms with Crippen LogP contribution in [0, 0.1) is 5.92 Å². The number of nitrogens with one attached hydrogen (secondary N) is 2. The molecule has 1 heterocycles. The van der Waals surface area contributed by atoms with Crippen LogP contribution in [0.2, 0.25) is 0 Å². The molecule has 1 aromatic heterocycles. The van der Waals surface area contributed by atoms with Crippen molar-refractivity contribution >= 4 is 11.6 Å². The molecule has 2 N–H and O–H groups in total. The first kappa shape index (κ1) is 16.6. The molecule has 1 saturated carbocycles. The van der Waals surface area contributed by atoms with Gasteiger partial charge in [0.15, 0.2) is 5.82 Å². The second kappa shape index (κ2) is 8.01. The highest BCUT2D eigenvalue weighted by molar-refractivity contribution is 5.91. The largest absolute Gasteiger partial charge is 0.368 e. The minimum atomic E-state index is -0.112. The Morgan fingerprint density at radius 3 is 2.79 bits per heavy atom. The monoisotopic (exact) mass is 329 g/mol. The van der Waals surface area contributed by atoms with Crippen LogP contribution in [0.3, 0.4) is 0 Å². The highest BCUT2D eigenvalue weighted by atomic mass is 16.5. The summed E-state index contributed by atoms with van der Waals surface area (Å²) < 4.78 is 5.78. The number of carbonyl (C=O) groups excluding carboxylic acids is 1. The summed E-state index contributed by atoms with van der Waals surface area (Å²) in [6, 6.07) is 7.62. The number of ether oxygens (including phenoxy) is 1. The number of aromatic nitrogens is 4. The van der Waals surface area contributed by atoms with Gasteiger partial charge in [0.1, 0.15) is 6.61 Å². The van der Waals surface area contributed by atoms with E-state index in [9.17, 15) is 4.79 Å². The van der Waals surface area contributed by atoms with Crippen molar-refractivity contribution in [1.82, 2.24) is 20.6 Å². The molecule has 128 valence electrons. The molecular formula is C17H23N5O2. The van der Waals surface area contributed by atoms with Gasteiger partial charge in [-0.1, -0.05) is 37.1 Å². The summed E-state index contributed by atoms with van der Waals surface area (Å²) in [7, 11) is 0. The minimum absolute atomic E-state index is 0.111. The molecule has 1 aliphatic carbocycles. The lowest BCUT2D eigenvalue weighted by molar-refractivity contribution is -0.124. The number of rotatable bonds is 6. The lowest BCUT2D eigenvalue weighted by Gasteiger charge is -2.28. The topological polar surface area (TPSA) is 92.8 Å². The summed E-state index contributed by atoms with van der Waals surface area (Å²) in [5.41, 5.74) is 1.82. The van der Waals surface area contributed by atoms with Gasteiger partial charge in [-0.05, 0) is 36.5 Å². The fourth-order valence-corrected chi connectivity index (χ4v) is 3.06. The van der Waals surface area contributed by atoms with Crippen molar-refractivity contribution in [2.24, 2.45) is 5.92 Å². The molecule has 0 spiro atoms. The van der Waals surface area contributed by atoms with E-state index in [4.69, 9.17) is 4.74 Å². The number of hydrogen-bond acceptors (Lipinski definition) is 5. The molecule has 2 unspecified atom stereocenters. The zero-order valence-electron chi connectivity index (χ0n) is 13.9. The molecule has 2 aromatic rings. The van der Waals surface area contributed by atoms with Gasteiger partial charge in [-0.25, -0.2) is 0 Å². The first-order valence-corrected chi connectivity index (χ1v) is 8.43. The van der Waals surface area contributed by atoms with E-state index in [-0.39, 0.29) is 18.6 Å². The fourth-order valence-electron chi connectivity index (χ4n) is 3.06. The van der Waals surface area contributed by atoms with Gasteiger partial charge in [0, 0.05) is 12.1 Å². The Morgan fingerprint density at radius 2 is 2.08 bits per heavy atom. The zero-order chi connectivity index (χ0) is 16.8. The number of tetrazole rings is 1. The summed E-state index contributed by atoms with van der Waals surface area (Å²) in [6.45, 7) is 2.31. The Kier molecular flexibility index (Phi) is 5.53. The summed E-state index contributed by atoms with van der Waals surface area (Å²) in [6.07, 6.45) is 5.52. The van der Waals surface area contributed by atoms with Crippen LogP contribution in [0.5, 0.6) is 0 Å². The molecule has 24 heavy (non-hydrogen) atoms. The second-order valence-corrected chi connectivity index (χ2v) is 6.36. The van der Waals surface area contributed by atoms with Crippen molar-refractivity contribution in [2.75, 3.05) is 11.9 Å². The van der Waals surface area contributed by atoms with Crippen LogP contribution < -0.4 is 5.32 Å². The van der Waals surface area contributed by atoms with E-state index >= 15 is 0 Å². The molecule has 0 saturated heterocycles. The zero-order valence-corrected chi connectivity index (χ0v) is 13.9. The molecule has 0 bridgehead atoms. The molecule has 0 aliphatic heterocycles. The maximum atomic E-state index is 12.0. The molecule has 1 fully saturated rings. The summed E-state index contributed by atoms with van der Waals surface area (Å²) in [4.78, 5) is 12.0. The van der Waals surface area contributed by atoms with E-state index in [1.807, 2.05) is 24.3 Å². The SMILES string of the molecule is CC1CCCCC1OCC(=O)Nc1ccc(Cc2nn[nH]n2)cc1. The van der Waals surface area contributed by atoms with Crippen LogP contribution in [0.4, 0.5) is 5.69 Å². The molecule has 0 radical (unpaired) electrons. The van der Waals surface area contributed by atoms with E-state index in [0.29, 0.717) is 18.2 Å². The lowest BCUT2D eigenvalue weighted by Crippen LogP contribution is -2.29. The van der Waals surface area contributed by atoms with Gasteiger partial charge in [-0.2, -0.15) is 5.21 Å². The van der Waals surface area contributed by atoms with Gasteiger partial charge in [0.2, 0.25) is 5.91 Å². The highest BCUT2D eigenvalue weighted by Crippen LogP contribution is 2.26. The number of aromatic amines is 1. The number of benzene rings is 1. The maximum Gasteiger partial charge on any atom is 0.250 e. The normalized spacial score (nSPS) is 20.7. The van der Waals surface area contributed by atoms with E-state index in [2.05, 4.69) is 32.9 Å². The first-order valence-electron chi connectivity index (χ1n) is 8.43. The molecule has 3 rings (SSSR count).